The molecule has 1 unspecified atom stereocenters. The summed E-state index contributed by atoms with van der Waals surface area (Å²) in [7, 11) is 0. The monoisotopic (exact) mass is 313 g/mol. The number of nitrogens with one attached hydrogen (secondary N) is 1. The molecule has 0 fully saturated rings. The highest BCUT2D eigenvalue weighted by Gasteiger charge is 2.32. The Balaban J connectivity index is 2.47. The summed E-state index contributed by atoms with van der Waals surface area (Å²) in [4.78, 5) is 12.7. The Kier molecular flexibility index (Phi) is 7.75. The van der Waals surface area contributed by atoms with E-state index in [2.05, 4.69) is 5.32 Å². The molecule has 21 heavy (non-hydrogen) atoms. The molecule has 0 heterocycles. The molecule has 3 nitrogen and oxygen atoms in total. The second-order valence-corrected chi connectivity index (χ2v) is 6.10. The quantitative estimate of drug-likeness (QED) is 0.429. The van der Waals surface area contributed by atoms with E-state index in [0.29, 0.717) is 24.5 Å². The number of rotatable bonds is 9. The lowest BCUT2D eigenvalue weighted by Crippen LogP contribution is -2.50. The molecule has 0 aromatic heterocycles. The molecule has 0 aliphatic rings. The van der Waals surface area contributed by atoms with Crippen LogP contribution in [0.1, 0.15) is 33.6 Å². The molecule has 1 N–H and O–H groups in total. The van der Waals surface area contributed by atoms with E-state index >= 15 is 0 Å². The zero-order chi connectivity index (χ0) is 15.7. The predicted octanol–water partition coefficient (Wildman–Crippen LogP) is 3.63. The third-order valence-electron chi connectivity index (χ3n) is 3.21. The summed E-state index contributed by atoms with van der Waals surface area (Å²) in [5.41, 5.74) is -0.666. The Labute approximate surface area is 130 Å². The number of thioether (sulfide) groups is 1. The van der Waals surface area contributed by atoms with Crippen LogP contribution in [0.25, 0.3) is 0 Å². The minimum Gasteiger partial charge on any atom is -0.465 e. The highest BCUT2D eigenvalue weighted by atomic mass is 32.2. The van der Waals surface area contributed by atoms with Crippen LogP contribution in [0.15, 0.2) is 29.2 Å². The fourth-order valence-electron chi connectivity index (χ4n) is 2.11. The van der Waals surface area contributed by atoms with Gasteiger partial charge in [-0.2, -0.15) is 0 Å². The second-order valence-electron chi connectivity index (χ2n) is 4.97. The second kappa shape index (κ2) is 9.05. The summed E-state index contributed by atoms with van der Waals surface area (Å²) in [6.45, 7) is 6.71. The third-order valence-corrected chi connectivity index (χ3v) is 4.34. The van der Waals surface area contributed by atoms with Gasteiger partial charge >= 0.3 is 5.97 Å². The van der Waals surface area contributed by atoms with Crippen molar-refractivity contribution in [1.82, 2.24) is 5.32 Å². The molecule has 0 amide bonds. The largest absolute Gasteiger partial charge is 0.465 e. The number of hydrogen-bond acceptors (Lipinski definition) is 4. The summed E-state index contributed by atoms with van der Waals surface area (Å²) < 4.78 is 18.6. The number of carbonyl (C=O) groups excluding carboxylic acids is 1. The van der Waals surface area contributed by atoms with Crippen molar-refractivity contribution in [2.24, 2.45) is 0 Å². The molecule has 118 valence electrons. The molecule has 0 saturated heterocycles. The van der Waals surface area contributed by atoms with Crippen molar-refractivity contribution < 1.29 is 13.9 Å². The Morgan fingerprint density at radius 2 is 2.10 bits per heavy atom. The van der Waals surface area contributed by atoms with E-state index in [-0.39, 0.29) is 11.8 Å². The fraction of sp³-hybridized carbons (Fsp3) is 0.562. The van der Waals surface area contributed by atoms with Gasteiger partial charge in [-0.3, -0.25) is 4.79 Å². The number of carbonyl (C=O) groups is 1. The summed E-state index contributed by atoms with van der Waals surface area (Å²) in [5, 5.41) is 3.20. The maximum atomic E-state index is 13.5. The number of ether oxygens (including phenoxy) is 1. The van der Waals surface area contributed by atoms with Crippen molar-refractivity contribution >= 4 is 17.7 Å². The maximum Gasteiger partial charge on any atom is 0.326 e. The highest BCUT2D eigenvalue weighted by molar-refractivity contribution is 7.99. The Morgan fingerprint density at radius 1 is 1.38 bits per heavy atom. The normalized spacial score (nSPS) is 13.7. The average molecular weight is 313 g/mol. The van der Waals surface area contributed by atoms with Crippen LogP contribution in [0.3, 0.4) is 0 Å². The lowest BCUT2D eigenvalue weighted by atomic mass is 9.96. The maximum absolute atomic E-state index is 13.5. The molecule has 1 aromatic carbocycles. The summed E-state index contributed by atoms with van der Waals surface area (Å²) >= 11 is 1.48. The van der Waals surface area contributed by atoms with Gasteiger partial charge in [0.1, 0.15) is 11.4 Å². The zero-order valence-electron chi connectivity index (χ0n) is 12.9. The van der Waals surface area contributed by atoms with Crippen molar-refractivity contribution in [2.75, 3.05) is 18.9 Å². The number of esters is 1. The van der Waals surface area contributed by atoms with Gasteiger partial charge in [-0.25, -0.2) is 4.39 Å². The molecule has 0 aliphatic heterocycles. The highest BCUT2D eigenvalue weighted by Crippen LogP contribution is 2.24. The lowest BCUT2D eigenvalue weighted by Gasteiger charge is -2.28. The van der Waals surface area contributed by atoms with E-state index in [9.17, 15) is 9.18 Å². The first-order valence-corrected chi connectivity index (χ1v) is 8.31. The molecule has 1 rings (SSSR count). The standard InChI is InChI=1S/C16H24FNO2S/c1-4-18-16(3,15(19)20-5-2)11-8-12-21-14-10-7-6-9-13(14)17/h6-7,9-10,18H,4-5,8,11-12H2,1-3H3. The minimum absolute atomic E-state index is 0.192. The van der Waals surface area contributed by atoms with Gasteiger partial charge in [0.25, 0.3) is 0 Å². The SMILES string of the molecule is CCNC(C)(CCCSc1ccccc1F)C(=O)OCC. The van der Waals surface area contributed by atoms with Crippen LogP contribution in [0.4, 0.5) is 4.39 Å². The first kappa shape index (κ1) is 18.0. The van der Waals surface area contributed by atoms with Crippen LogP contribution in [0.5, 0.6) is 0 Å². The smallest absolute Gasteiger partial charge is 0.326 e. The molecule has 1 aromatic rings. The predicted molar refractivity (Wildman–Crippen MR) is 85.1 cm³/mol. The van der Waals surface area contributed by atoms with E-state index in [1.165, 1.54) is 17.8 Å². The van der Waals surface area contributed by atoms with Crippen molar-refractivity contribution in [3.8, 4) is 0 Å². The molecular formula is C16H24FNO2S. The number of halogens is 1. The van der Waals surface area contributed by atoms with Gasteiger partial charge in [0, 0.05) is 4.90 Å². The molecule has 0 aliphatic carbocycles. The van der Waals surface area contributed by atoms with E-state index in [4.69, 9.17) is 4.74 Å². The minimum atomic E-state index is -0.666. The van der Waals surface area contributed by atoms with Gasteiger partial charge in [0.2, 0.25) is 0 Å². The van der Waals surface area contributed by atoms with Crippen LogP contribution in [0.2, 0.25) is 0 Å². The zero-order valence-corrected chi connectivity index (χ0v) is 13.8. The van der Waals surface area contributed by atoms with Crippen LogP contribution >= 0.6 is 11.8 Å². The average Bonchev–Trinajstić information content (AvgIpc) is 2.46. The molecule has 0 radical (unpaired) electrons. The van der Waals surface area contributed by atoms with Crippen LogP contribution in [-0.2, 0) is 9.53 Å². The first-order chi connectivity index (χ1) is 10.0. The third kappa shape index (κ3) is 5.67. The Bertz CT molecular complexity index is 456. The van der Waals surface area contributed by atoms with E-state index < -0.39 is 5.54 Å². The molecular weight excluding hydrogens is 289 g/mol. The fourth-order valence-corrected chi connectivity index (χ4v) is 3.00. The summed E-state index contributed by atoms with van der Waals surface area (Å²) in [5.74, 6) is 0.353. The molecule has 5 heteroatoms. The van der Waals surface area contributed by atoms with Crippen molar-refractivity contribution in [3.63, 3.8) is 0 Å². The number of hydrogen-bond donors (Lipinski definition) is 1. The van der Waals surface area contributed by atoms with Gasteiger partial charge in [0.15, 0.2) is 0 Å². The van der Waals surface area contributed by atoms with Crippen molar-refractivity contribution in [2.45, 2.75) is 44.0 Å². The van der Waals surface area contributed by atoms with Crippen LogP contribution < -0.4 is 5.32 Å². The van der Waals surface area contributed by atoms with Gasteiger partial charge in [0.05, 0.1) is 6.61 Å². The van der Waals surface area contributed by atoms with Crippen LogP contribution in [0, 0.1) is 5.82 Å². The summed E-state index contributed by atoms with van der Waals surface area (Å²) in [6.07, 6.45) is 1.47. The lowest BCUT2D eigenvalue weighted by molar-refractivity contribution is -0.150. The number of benzene rings is 1. The van der Waals surface area contributed by atoms with E-state index in [0.717, 1.165) is 12.2 Å². The topological polar surface area (TPSA) is 38.3 Å². The number of likely N-dealkylation sites (N-methyl/N-ethyl adjacent to an activating group) is 1. The van der Waals surface area contributed by atoms with Gasteiger partial charge in [-0.1, -0.05) is 19.1 Å². The Hall–Kier alpha value is -1.07. The molecule has 0 saturated carbocycles. The van der Waals surface area contributed by atoms with Crippen molar-refractivity contribution in [3.05, 3.63) is 30.1 Å². The summed E-state index contributed by atoms with van der Waals surface area (Å²) in [6, 6.07) is 6.74. The van der Waals surface area contributed by atoms with Crippen molar-refractivity contribution in [1.29, 1.82) is 0 Å². The van der Waals surface area contributed by atoms with Gasteiger partial charge in [-0.15, -0.1) is 11.8 Å². The molecule has 0 spiro atoms. The van der Waals surface area contributed by atoms with Gasteiger partial charge < -0.3 is 10.1 Å². The van der Waals surface area contributed by atoms with E-state index in [1.54, 1.807) is 19.1 Å². The van der Waals surface area contributed by atoms with Gasteiger partial charge in [-0.05, 0) is 51.1 Å². The van der Waals surface area contributed by atoms with Crippen LogP contribution in [-0.4, -0.2) is 30.4 Å². The first-order valence-electron chi connectivity index (χ1n) is 7.33. The Morgan fingerprint density at radius 3 is 2.71 bits per heavy atom. The molecule has 1 atom stereocenters. The van der Waals surface area contributed by atoms with E-state index in [1.807, 2.05) is 19.9 Å². The molecule has 0 bridgehead atoms.